The normalized spacial score (nSPS) is 5.42. The molecule has 76 valence electrons. The van der Waals surface area contributed by atoms with E-state index in [4.69, 9.17) is 15.0 Å². The van der Waals surface area contributed by atoms with Crippen molar-refractivity contribution in [2.24, 2.45) is 0 Å². The highest BCUT2D eigenvalue weighted by Gasteiger charge is 1.75. The molecule has 0 rings (SSSR count). The van der Waals surface area contributed by atoms with Crippen molar-refractivity contribution in [3.05, 3.63) is 0 Å². The number of esters is 1. The number of aliphatic carboxylic acids is 1. The van der Waals surface area contributed by atoms with Crippen molar-refractivity contribution >= 4 is 11.9 Å². The summed E-state index contributed by atoms with van der Waals surface area (Å²) in [5.41, 5.74) is 0. The second-order valence-corrected chi connectivity index (χ2v) is 1.21. The van der Waals surface area contributed by atoms with Crippen LogP contribution in [0.3, 0.4) is 0 Å². The molecule has 0 aliphatic carbocycles. The van der Waals surface area contributed by atoms with Crippen LogP contribution >= 0.6 is 0 Å². The van der Waals surface area contributed by atoms with Crippen molar-refractivity contribution in [3.8, 4) is 0 Å². The molecular weight excluding hydrogens is 168 g/mol. The first-order chi connectivity index (χ1) is 5.00. The van der Waals surface area contributed by atoms with Crippen molar-refractivity contribution in [2.75, 3.05) is 14.2 Å². The molecule has 0 unspecified atom stereocenters. The standard InChI is InChI=1S/C3H6O2.C2H4O2.CH4O.H2O/c1-3(4)5-2;1-2(3)4;1-2;/h1-2H3;1H3,(H,3,4);2H,1H3;1H2. The predicted octanol–water partition coefficient (Wildman–Crippen LogP) is -0.946. The molecule has 0 aliphatic rings. The molecule has 0 atom stereocenters. The lowest BCUT2D eigenvalue weighted by molar-refractivity contribution is -0.138. The fraction of sp³-hybridized carbons (Fsp3) is 0.667. The van der Waals surface area contributed by atoms with Gasteiger partial charge in [0, 0.05) is 21.0 Å². The van der Waals surface area contributed by atoms with E-state index < -0.39 is 5.97 Å². The van der Waals surface area contributed by atoms with Crippen LogP contribution in [0.15, 0.2) is 0 Å². The first kappa shape index (κ1) is 22.4. The number of carbonyl (C=O) groups is 2. The summed E-state index contributed by atoms with van der Waals surface area (Å²) in [7, 11) is 2.35. The molecule has 6 heteroatoms. The Morgan fingerprint density at radius 2 is 1.25 bits per heavy atom. The Kier molecular flexibility index (Phi) is 42.1. The molecule has 12 heavy (non-hydrogen) atoms. The third-order valence-corrected chi connectivity index (χ3v) is 0.287. The minimum absolute atomic E-state index is 0. The van der Waals surface area contributed by atoms with Crippen LogP contribution in [-0.4, -0.2) is 41.8 Å². The fourth-order valence-corrected chi connectivity index (χ4v) is 0. The summed E-state index contributed by atoms with van der Waals surface area (Å²) in [4.78, 5) is 18.6. The smallest absolute Gasteiger partial charge is 0.302 e. The maximum absolute atomic E-state index is 9.59. The third-order valence-electron chi connectivity index (χ3n) is 0.287. The summed E-state index contributed by atoms with van der Waals surface area (Å²) in [6.45, 7) is 2.44. The Bertz CT molecular complexity index is 96.2. The third kappa shape index (κ3) is 740. The van der Waals surface area contributed by atoms with Gasteiger partial charge in [0.25, 0.3) is 5.97 Å². The zero-order valence-electron chi connectivity index (χ0n) is 7.62. The van der Waals surface area contributed by atoms with Gasteiger partial charge in [0.05, 0.1) is 7.11 Å². The van der Waals surface area contributed by atoms with Gasteiger partial charge in [-0.15, -0.1) is 0 Å². The second kappa shape index (κ2) is 22.5. The Labute approximate surface area is 71.1 Å². The Morgan fingerprint density at radius 1 is 1.17 bits per heavy atom. The monoisotopic (exact) mass is 184 g/mol. The average Bonchev–Trinajstić information content (AvgIpc) is 1.91. The van der Waals surface area contributed by atoms with Gasteiger partial charge in [-0.3, -0.25) is 9.59 Å². The summed E-state index contributed by atoms with van der Waals surface area (Å²) < 4.78 is 4.11. The van der Waals surface area contributed by atoms with Gasteiger partial charge < -0.3 is 20.4 Å². The minimum atomic E-state index is -0.833. The number of carboxylic acid groups (broad SMARTS) is 1. The first-order valence-corrected chi connectivity index (χ1v) is 2.69. The zero-order chi connectivity index (χ0) is 9.86. The topological polar surface area (TPSA) is 115 Å². The van der Waals surface area contributed by atoms with Gasteiger partial charge >= 0.3 is 5.97 Å². The Morgan fingerprint density at radius 3 is 1.25 bits per heavy atom. The van der Waals surface area contributed by atoms with Crippen LogP contribution in [0, 0.1) is 0 Å². The molecule has 6 nitrogen and oxygen atoms in total. The quantitative estimate of drug-likeness (QED) is 0.471. The Hall–Kier alpha value is -1.14. The lowest BCUT2D eigenvalue weighted by Crippen LogP contribution is -1.88. The highest BCUT2D eigenvalue weighted by atomic mass is 16.5. The molecule has 0 heterocycles. The molecule has 0 saturated carbocycles. The highest BCUT2D eigenvalue weighted by Crippen LogP contribution is 1.60. The van der Waals surface area contributed by atoms with Crippen molar-refractivity contribution in [1.82, 2.24) is 0 Å². The molecule has 0 amide bonds. The summed E-state index contributed by atoms with van der Waals surface area (Å²) >= 11 is 0. The zero-order valence-corrected chi connectivity index (χ0v) is 7.62. The summed E-state index contributed by atoms with van der Waals surface area (Å²) in [6, 6.07) is 0. The summed E-state index contributed by atoms with van der Waals surface area (Å²) in [6.07, 6.45) is 0. The lowest BCUT2D eigenvalue weighted by atomic mass is 10.8. The van der Waals surface area contributed by atoms with E-state index in [1.54, 1.807) is 0 Å². The number of ether oxygens (including phenoxy) is 1. The number of aliphatic hydroxyl groups excluding tert-OH is 1. The van der Waals surface area contributed by atoms with E-state index in [1.807, 2.05) is 0 Å². The van der Waals surface area contributed by atoms with Crippen molar-refractivity contribution in [2.45, 2.75) is 13.8 Å². The van der Waals surface area contributed by atoms with Crippen LogP contribution in [0.1, 0.15) is 13.8 Å². The average molecular weight is 184 g/mol. The van der Waals surface area contributed by atoms with Crippen molar-refractivity contribution in [1.29, 1.82) is 0 Å². The predicted molar refractivity (Wildman–Crippen MR) is 42.8 cm³/mol. The molecule has 0 saturated heterocycles. The fourth-order valence-electron chi connectivity index (χ4n) is 0. The number of aliphatic hydroxyl groups is 1. The van der Waals surface area contributed by atoms with Crippen LogP contribution in [0.4, 0.5) is 0 Å². The van der Waals surface area contributed by atoms with Gasteiger partial charge in [-0.2, -0.15) is 0 Å². The van der Waals surface area contributed by atoms with Crippen molar-refractivity contribution in [3.63, 3.8) is 0 Å². The molecular formula is C6H16O6. The van der Waals surface area contributed by atoms with E-state index in [9.17, 15) is 4.79 Å². The molecule has 0 aromatic carbocycles. The van der Waals surface area contributed by atoms with Gasteiger partial charge in [0.1, 0.15) is 0 Å². The van der Waals surface area contributed by atoms with E-state index in [2.05, 4.69) is 4.74 Å². The molecule has 0 spiro atoms. The number of hydrogen-bond acceptors (Lipinski definition) is 4. The van der Waals surface area contributed by atoms with E-state index in [0.717, 1.165) is 14.0 Å². The SMILES string of the molecule is CC(=O)O.CO.COC(C)=O.O. The molecule has 0 aliphatic heterocycles. The molecule has 0 radical (unpaired) electrons. The van der Waals surface area contributed by atoms with Crippen LogP contribution in [0.5, 0.6) is 0 Å². The Balaban J connectivity index is -0.0000000419. The molecule has 0 aromatic rings. The molecule has 0 aromatic heterocycles. The van der Waals surface area contributed by atoms with Crippen LogP contribution in [-0.2, 0) is 14.3 Å². The maximum atomic E-state index is 9.59. The number of hydrogen-bond donors (Lipinski definition) is 2. The van der Waals surface area contributed by atoms with Gasteiger partial charge in [-0.05, 0) is 0 Å². The largest absolute Gasteiger partial charge is 0.481 e. The minimum Gasteiger partial charge on any atom is -0.481 e. The van der Waals surface area contributed by atoms with Gasteiger partial charge in [0.15, 0.2) is 0 Å². The summed E-state index contributed by atoms with van der Waals surface area (Å²) in [5, 5.41) is 14.4. The first-order valence-electron chi connectivity index (χ1n) is 2.69. The molecule has 0 bridgehead atoms. The van der Waals surface area contributed by atoms with E-state index >= 15 is 0 Å². The highest BCUT2D eigenvalue weighted by molar-refractivity contribution is 5.65. The van der Waals surface area contributed by atoms with Crippen molar-refractivity contribution < 1.29 is 30.0 Å². The second-order valence-electron chi connectivity index (χ2n) is 1.21. The lowest BCUT2D eigenvalue weighted by Gasteiger charge is -1.80. The number of rotatable bonds is 0. The van der Waals surface area contributed by atoms with Gasteiger partial charge in [0.2, 0.25) is 0 Å². The molecule has 4 N–H and O–H groups in total. The van der Waals surface area contributed by atoms with Crippen LogP contribution in [0.2, 0.25) is 0 Å². The van der Waals surface area contributed by atoms with Gasteiger partial charge in [-0.1, -0.05) is 0 Å². The number of methoxy groups -OCH3 is 1. The summed E-state index contributed by atoms with van der Waals surface area (Å²) in [5.74, 6) is -1.08. The van der Waals surface area contributed by atoms with E-state index in [1.165, 1.54) is 14.0 Å². The number of carbonyl (C=O) groups excluding carboxylic acids is 1. The number of carboxylic acids is 1. The van der Waals surface area contributed by atoms with Gasteiger partial charge in [-0.25, -0.2) is 0 Å². The van der Waals surface area contributed by atoms with Crippen LogP contribution in [0.25, 0.3) is 0 Å². The van der Waals surface area contributed by atoms with E-state index in [0.29, 0.717) is 0 Å². The van der Waals surface area contributed by atoms with Crippen LogP contribution < -0.4 is 0 Å². The molecule has 0 fully saturated rings. The maximum Gasteiger partial charge on any atom is 0.302 e. The van der Waals surface area contributed by atoms with E-state index in [-0.39, 0.29) is 11.4 Å².